The van der Waals surface area contributed by atoms with Crippen molar-refractivity contribution in [3.8, 4) is 0 Å². The third-order valence-corrected chi connectivity index (χ3v) is 5.19. The number of nitrogens with zero attached hydrogens (tertiary/aromatic N) is 1. The van der Waals surface area contributed by atoms with Gasteiger partial charge >= 0.3 is 0 Å². The summed E-state index contributed by atoms with van der Waals surface area (Å²) in [5.74, 6) is -0.741. The molecule has 2 heterocycles. The lowest BCUT2D eigenvalue weighted by Crippen LogP contribution is -2.39. The molecule has 4 rings (SSSR count). The van der Waals surface area contributed by atoms with Gasteiger partial charge in [0.15, 0.2) is 0 Å². The number of aromatic nitrogens is 1. The van der Waals surface area contributed by atoms with E-state index in [0.717, 1.165) is 41.5 Å². The fraction of sp³-hybridized carbons (Fsp3) is 0.389. The van der Waals surface area contributed by atoms with Crippen LogP contribution in [-0.4, -0.2) is 34.2 Å². The van der Waals surface area contributed by atoms with Crippen LogP contribution in [0.15, 0.2) is 30.5 Å². The van der Waals surface area contributed by atoms with Crippen LogP contribution in [0.2, 0.25) is 0 Å². The van der Waals surface area contributed by atoms with Crippen molar-refractivity contribution < 1.29 is 14.4 Å². The fourth-order valence-corrected chi connectivity index (χ4v) is 3.93. The van der Waals surface area contributed by atoms with E-state index in [1.807, 2.05) is 24.4 Å². The predicted octanol–water partition coefficient (Wildman–Crippen LogP) is 2.43. The van der Waals surface area contributed by atoms with Crippen molar-refractivity contribution in [2.75, 3.05) is 11.9 Å². The maximum Gasteiger partial charge on any atom is 0.244 e. The van der Waals surface area contributed by atoms with Gasteiger partial charge in [-0.15, -0.1) is 0 Å². The largest absolute Gasteiger partial charge is 0.361 e. The predicted molar refractivity (Wildman–Crippen MR) is 89.2 cm³/mol. The van der Waals surface area contributed by atoms with Crippen LogP contribution in [-0.2, 0) is 14.4 Å². The Bertz CT molecular complexity index is 833. The van der Waals surface area contributed by atoms with E-state index in [-0.39, 0.29) is 30.7 Å². The highest BCUT2D eigenvalue weighted by atomic mass is 16.2. The van der Waals surface area contributed by atoms with E-state index in [1.54, 1.807) is 6.07 Å². The number of fused-ring (bicyclic) bond motifs is 1. The first-order valence-electron chi connectivity index (χ1n) is 8.29. The Morgan fingerprint density at radius 1 is 1.21 bits per heavy atom. The normalized spacial score (nSPS) is 19.6. The Kier molecular flexibility index (Phi) is 3.40. The number of carbonyl (C=O) groups excluding carboxylic acids is 3. The maximum atomic E-state index is 12.6. The van der Waals surface area contributed by atoms with Gasteiger partial charge in [-0.25, -0.2) is 0 Å². The lowest BCUT2D eigenvalue weighted by atomic mass is 9.84. The molecule has 1 saturated carbocycles. The van der Waals surface area contributed by atoms with Gasteiger partial charge in [-0.2, -0.15) is 0 Å². The molecule has 6 heteroatoms. The minimum atomic E-state index is -0.527. The highest BCUT2D eigenvalue weighted by molar-refractivity contribution is 6.09. The summed E-state index contributed by atoms with van der Waals surface area (Å²) in [7, 11) is 0. The molecule has 124 valence electrons. The second kappa shape index (κ2) is 5.47. The van der Waals surface area contributed by atoms with Crippen LogP contribution in [0.3, 0.4) is 0 Å². The minimum Gasteiger partial charge on any atom is -0.361 e. The molecule has 1 aliphatic heterocycles. The Balaban J connectivity index is 1.45. The summed E-state index contributed by atoms with van der Waals surface area (Å²) in [5.41, 5.74) is 1.04. The zero-order valence-corrected chi connectivity index (χ0v) is 13.3. The first kappa shape index (κ1) is 14.9. The highest BCUT2D eigenvalue weighted by Crippen LogP contribution is 2.46. The Morgan fingerprint density at radius 2 is 2.00 bits per heavy atom. The van der Waals surface area contributed by atoms with Crippen molar-refractivity contribution in [1.82, 2.24) is 9.88 Å². The number of amides is 3. The van der Waals surface area contributed by atoms with Crippen molar-refractivity contribution in [3.63, 3.8) is 0 Å². The topological polar surface area (TPSA) is 82.3 Å². The Hall–Kier alpha value is -2.63. The summed E-state index contributed by atoms with van der Waals surface area (Å²) >= 11 is 0. The van der Waals surface area contributed by atoms with E-state index in [9.17, 15) is 14.4 Å². The number of imide groups is 1. The van der Waals surface area contributed by atoms with Crippen molar-refractivity contribution in [2.24, 2.45) is 5.41 Å². The molecular weight excluding hydrogens is 306 g/mol. The molecule has 6 nitrogen and oxygen atoms in total. The summed E-state index contributed by atoms with van der Waals surface area (Å²) in [6.45, 7) is -0.206. The van der Waals surface area contributed by atoms with Gasteiger partial charge < -0.3 is 10.3 Å². The summed E-state index contributed by atoms with van der Waals surface area (Å²) in [6, 6.07) is 7.49. The van der Waals surface area contributed by atoms with Gasteiger partial charge in [-0.05, 0) is 36.4 Å². The van der Waals surface area contributed by atoms with E-state index in [2.05, 4.69) is 10.3 Å². The molecule has 1 spiro atoms. The number of hydrogen-bond donors (Lipinski definition) is 2. The molecule has 0 unspecified atom stereocenters. The van der Waals surface area contributed by atoms with Crippen LogP contribution in [0.4, 0.5) is 5.69 Å². The average Bonchev–Trinajstić information content (AvgIpc) is 3.25. The molecule has 1 aliphatic carbocycles. The number of carbonyl (C=O) groups is 3. The molecule has 2 fully saturated rings. The van der Waals surface area contributed by atoms with Crippen molar-refractivity contribution in [1.29, 1.82) is 0 Å². The van der Waals surface area contributed by atoms with Gasteiger partial charge in [0.2, 0.25) is 17.7 Å². The van der Waals surface area contributed by atoms with Crippen LogP contribution in [0.25, 0.3) is 10.9 Å². The number of benzene rings is 1. The van der Waals surface area contributed by atoms with Crippen LogP contribution in [0, 0.1) is 5.41 Å². The maximum absolute atomic E-state index is 12.6. The average molecular weight is 325 g/mol. The molecule has 24 heavy (non-hydrogen) atoms. The van der Waals surface area contributed by atoms with E-state index < -0.39 is 5.41 Å². The van der Waals surface area contributed by atoms with Gasteiger partial charge in [-0.1, -0.05) is 18.9 Å². The highest BCUT2D eigenvalue weighted by Gasteiger charge is 2.52. The monoisotopic (exact) mass is 325 g/mol. The first-order valence-corrected chi connectivity index (χ1v) is 8.29. The van der Waals surface area contributed by atoms with E-state index >= 15 is 0 Å². The molecule has 1 aromatic heterocycles. The summed E-state index contributed by atoms with van der Waals surface area (Å²) in [4.78, 5) is 41.3. The van der Waals surface area contributed by atoms with Gasteiger partial charge in [0, 0.05) is 23.8 Å². The second-order valence-electron chi connectivity index (χ2n) is 6.78. The van der Waals surface area contributed by atoms with Gasteiger partial charge in [0.05, 0.1) is 5.41 Å². The van der Waals surface area contributed by atoms with Crippen LogP contribution >= 0.6 is 0 Å². The number of H-pyrrole nitrogens is 1. The van der Waals surface area contributed by atoms with Crippen LogP contribution < -0.4 is 5.32 Å². The number of nitrogens with one attached hydrogen (secondary N) is 2. The lowest BCUT2D eigenvalue weighted by Gasteiger charge is -2.20. The van der Waals surface area contributed by atoms with Crippen LogP contribution in [0.5, 0.6) is 0 Å². The summed E-state index contributed by atoms with van der Waals surface area (Å²) in [6.07, 6.45) is 5.58. The molecule has 3 amide bonds. The van der Waals surface area contributed by atoms with E-state index in [0.29, 0.717) is 5.69 Å². The van der Waals surface area contributed by atoms with Gasteiger partial charge in [0.1, 0.15) is 6.54 Å². The third-order valence-electron chi connectivity index (χ3n) is 5.19. The first-order chi connectivity index (χ1) is 11.6. The second-order valence-corrected chi connectivity index (χ2v) is 6.78. The summed E-state index contributed by atoms with van der Waals surface area (Å²) in [5, 5.41) is 3.82. The molecule has 0 atom stereocenters. The zero-order valence-electron chi connectivity index (χ0n) is 13.3. The number of likely N-dealkylation sites (tertiary alicyclic amines) is 1. The molecule has 1 aromatic carbocycles. The van der Waals surface area contributed by atoms with Crippen molar-refractivity contribution in [2.45, 2.75) is 32.1 Å². The fourth-order valence-electron chi connectivity index (χ4n) is 3.93. The summed E-state index contributed by atoms with van der Waals surface area (Å²) < 4.78 is 0. The number of aromatic amines is 1. The molecule has 2 aromatic rings. The molecule has 1 saturated heterocycles. The quantitative estimate of drug-likeness (QED) is 0.850. The van der Waals surface area contributed by atoms with Crippen molar-refractivity contribution in [3.05, 3.63) is 30.5 Å². The molecule has 2 N–H and O–H groups in total. The van der Waals surface area contributed by atoms with E-state index in [1.165, 1.54) is 0 Å². The zero-order chi connectivity index (χ0) is 16.7. The molecule has 2 aliphatic rings. The lowest BCUT2D eigenvalue weighted by molar-refractivity contribution is -0.143. The number of hydrogen-bond acceptors (Lipinski definition) is 3. The standard InChI is InChI=1S/C18H19N3O3/c22-15(20-13-4-3-12-5-8-19-14(12)9-13)11-21-16(23)10-18(17(21)24)6-1-2-7-18/h3-5,8-9,19H,1-2,6-7,10-11H2,(H,20,22). The number of rotatable bonds is 3. The molecule has 0 bridgehead atoms. The number of anilines is 1. The third kappa shape index (κ3) is 2.38. The minimum absolute atomic E-state index is 0.167. The molecule has 0 radical (unpaired) electrons. The smallest absolute Gasteiger partial charge is 0.244 e. The van der Waals surface area contributed by atoms with Gasteiger partial charge in [0.25, 0.3) is 0 Å². The Labute approximate surface area is 139 Å². The van der Waals surface area contributed by atoms with Crippen LogP contribution in [0.1, 0.15) is 32.1 Å². The van der Waals surface area contributed by atoms with E-state index in [4.69, 9.17) is 0 Å². The Morgan fingerprint density at radius 3 is 2.79 bits per heavy atom. The van der Waals surface area contributed by atoms with Crippen molar-refractivity contribution >= 4 is 34.3 Å². The van der Waals surface area contributed by atoms with Gasteiger partial charge in [-0.3, -0.25) is 19.3 Å². The SMILES string of the molecule is O=C(CN1C(=O)CC2(CCCC2)C1=O)Nc1ccc2cc[nH]c2c1. The molecular formula is C18H19N3O3.